The first-order chi connectivity index (χ1) is 18.3. The Morgan fingerprint density at radius 2 is 1.74 bits per heavy atom. The molecule has 38 heavy (non-hydrogen) atoms. The Morgan fingerprint density at radius 1 is 1.00 bits per heavy atom. The molecule has 4 aromatic rings. The Hall–Kier alpha value is -4.06. The van der Waals surface area contributed by atoms with Crippen LogP contribution in [0, 0.1) is 0 Å². The van der Waals surface area contributed by atoms with Gasteiger partial charge in [0, 0.05) is 17.5 Å². The van der Waals surface area contributed by atoms with E-state index in [4.69, 9.17) is 13.9 Å². The van der Waals surface area contributed by atoms with E-state index in [0.29, 0.717) is 23.5 Å². The number of nitrogens with zero attached hydrogens (tertiary/aromatic N) is 3. The molecular weight excluding hydrogens is 505 g/mol. The molecule has 2 aromatic carbocycles. The quantitative estimate of drug-likeness (QED) is 0.292. The number of furan rings is 1. The van der Waals surface area contributed by atoms with Crippen LogP contribution in [-0.2, 0) is 6.18 Å². The third-order valence-corrected chi connectivity index (χ3v) is 6.02. The zero-order valence-corrected chi connectivity index (χ0v) is 20.3. The maximum absolute atomic E-state index is 12.6. The monoisotopic (exact) mass is 530 g/mol. The highest BCUT2D eigenvalue weighted by atomic mass is 19.4. The normalized spacial score (nSPS) is 14.2. The third kappa shape index (κ3) is 6.25. The van der Waals surface area contributed by atoms with Gasteiger partial charge in [0.15, 0.2) is 5.76 Å². The molecule has 9 nitrogen and oxygen atoms in total. The van der Waals surface area contributed by atoms with E-state index in [-0.39, 0.29) is 30.6 Å². The van der Waals surface area contributed by atoms with E-state index in [2.05, 4.69) is 24.9 Å². The lowest BCUT2D eigenvalue weighted by molar-refractivity contribution is -0.159. The second kappa shape index (κ2) is 11.1. The fourth-order valence-electron chi connectivity index (χ4n) is 4.10. The van der Waals surface area contributed by atoms with Crippen LogP contribution in [0.2, 0.25) is 0 Å². The van der Waals surface area contributed by atoms with Gasteiger partial charge in [0.05, 0.1) is 6.54 Å². The van der Waals surface area contributed by atoms with Crippen molar-refractivity contribution in [2.75, 3.05) is 39.4 Å². The predicted octanol–water partition coefficient (Wildman–Crippen LogP) is 4.79. The Balaban J connectivity index is 1.07. The lowest BCUT2D eigenvalue weighted by atomic mass is 10.2. The maximum atomic E-state index is 12.6. The molecule has 2 aromatic heterocycles. The largest absolute Gasteiger partial charge is 0.492 e. The lowest BCUT2D eigenvalue weighted by Gasteiger charge is -2.14. The molecule has 0 radical (unpaired) electrons. The summed E-state index contributed by atoms with van der Waals surface area (Å²) in [5.74, 6) is -0.601. The van der Waals surface area contributed by atoms with Crippen molar-refractivity contribution in [1.29, 1.82) is 0 Å². The van der Waals surface area contributed by atoms with E-state index in [9.17, 15) is 18.0 Å². The molecule has 0 bridgehead atoms. The van der Waals surface area contributed by atoms with Crippen LogP contribution in [-0.4, -0.2) is 60.3 Å². The standard InChI is InChI=1S/C26H25F3N4O5/c27-26(28,29)25-31-23(32-38-25)17-3-5-19(6-4-17)35-13-9-30-24(34)22-16-18-15-20(7-8-21(18)37-22)36-14-12-33-10-1-2-11-33/h3-8,15-16H,1-2,9-14H2,(H,30,34). The minimum absolute atomic E-state index is 0.167. The second-order valence-corrected chi connectivity index (χ2v) is 8.76. The molecule has 0 spiro atoms. The van der Waals surface area contributed by atoms with Gasteiger partial charge >= 0.3 is 12.1 Å². The molecule has 1 saturated heterocycles. The highest BCUT2D eigenvalue weighted by Crippen LogP contribution is 2.30. The van der Waals surface area contributed by atoms with Crippen molar-refractivity contribution in [3.63, 3.8) is 0 Å². The van der Waals surface area contributed by atoms with Gasteiger partial charge in [0.25, 0.3) is 5.91 Å². The number of hydrogen-bond donors (Lipinski definition) is 1. The van der Waals surface area contributed by atoms with E-state index in [0.717, 1.165) is 30.8 Å². The minimum atomic E-state index is -4.70. The number of carbonyl (C=O) groups excluding carboxylic acids is 1. The molecule has 0 unspecified atom stereocenters. The van der Waals surface area contributed by atoms with Crippen molar-refractivity contribution in [2.45, 2.75) is 19.0 Å². The molecule has 1 fully saturated rings. The van der Waals surface area contributed by atoms with Crippen molar-refractivity contribution in [1.82, 2.24) is 20.4 Å². The van der Waals surface area contributed by atoms with Crippen LogP contribution in [0.5, 0.6) is 11.5 Å². The molecule has 5 rings (SSSR count). The number of likely N-dealkylation sites (tertiary alicyclic amines) is 1. The number of amides is 1. The first kappa shape index (κ1) is 25.6. The van der Waals surface area contributed by atoms with Gasteiger partial charge in [0.1, 0.15) is 30.3 Å². The molecule has 12 heteroatoms. The predicted molar refractivity (Wildman–Crippen MR) is 130 cm³/mol. The number of benzene rings is 2. The van der Waals surface area contributed by atoms with Crippen LogP contribution in [0.3, 0.4) is 0 Å². The highest BCUT2D eigenvalue weighted by molar-refractivity contribution is 5.96. The molecule has 1 amide bonds. The number of rotatable bonds is 10. The number of alkyl halides is 3. The fourth-order valence-corrected chi connectivity index (χ4v) is 4.10. The summed E-state index contributed by atoms with van der Waals surface area (Å²) in [6.45, 7) is 4.12. The van der Waals surface area contributed by atoms with Gasteiger partial charge in [-0.05, 0) is 74.5 Å². The van der Waals surface area contributed by atoms with Crippen LogP contribution in [0.25, 0.3) is 22.4 Å². The van der Waals surface area contributed by atoms with Gasteiger partial charge in [-0.1, -0.05) is 5.16 Å². The van der Waals surface area contributed by atoms with Gasteiger partial charge in [0.2, 0.25) is 5.82 Å². The summed E-state index contributed by atoms with van der Waals surface area (Å²) in [5, 5.41) is 6.85. The average Bonchev–Trinajstić information content (AvgIpc) is 3.67. The maximum Gasteiger partial charge on any atom is 0.471 e. The summed E-state index contributed by atoms with van der Waals surface area (Å²) < 4.78 is 59.2. The summed E-state index contributed by atoms with van der Waals surface area (Å²) in [6, 6.07) is 13.3. The smallest absolute Gasteiger partial charge is 0.471 e. The van der Waals surface area contributed by atoms with E-state index >= 15 is 0 Å². The number of carbonyl (C=O) groups is 1. The molecule has 200 valence electrons. The highest BCUT2D eigenvalue weighted by Gasteiger charge is 2.38. The minimum Gasteiger partial charge on any atom is -0.492 e. The van der Waals surface area contributed by atoms with Crippen molar-refractivity contribution in [2.24, 2.45) is 0 Å². The number of fused-ring (bicyclic) bond motifs is 1. The summed E-state index contributed by atoms with van der Waals surface area (Å²) >= 11 is 0. The summed E-state index contributed by atoms with van der Waals surface area (Å²) in [6.07, 6.45) is -2.22. The van der Waals surface area contributed by atoms with Crippen LogP contribution in [0.1, 0.15) is 29.3 Å². The molecule has 1 aliphatic rings. The van der Waals surface area contributed by atoms with Gasteiger partial charge in [-0.25, -0.2) is 0 Å². The number of nitrogens with one attached hydrogen (secondary N) is 1. The zero-order valence-electron chi connectivity index (χ0n) is 20.3. The first-order valence-corrected chi connectivity index (χ1v) is 12.2. The topological polar surface area (TPSA) is 103 Å². The second-order valence-electron chi connectivity index (χ2n) is 8.76. The van der Waals surface area contributed by atoms with Crippen molar-refractivity contribution >= 4 is 16.9 Å². The summed E-state index contributed by atoms with van der Waals surface area (Å²) in [5.41, 5.74) is 0.928. The van der Waals surface area contributed by atoms with Gasteiger partial charge in [-0.3, -0.25) is 9.69 Å². The van der Waals surface area contributed by atoms with Crippen molar-refractivity contribution in [3.8, 4) is 22.9 Å². The Morgan fingerprint density at radius 3 is 2.47 bits per heavy atom. The van der Waals surface area contributed by atoms with Crippen LogP contribution < -0.4 is 14.8 Å². The van der Waals surface area contributed by atoms with E-state index < -0.39 is 12.1 Å². The van der Waals surface area contributed by atoms with Crippen LogP contribution in [0.4, 0.5) is 13.2 Å². The molecule has 0 aliphatic carbocycles. The molecular formula is C26H25F3N4O5. The first-order valence-electron chi connectivity index (χ1n) is 12.2. The van der Waals surface area contributed by atoms with Gasteiger partial charge in [-0.15, -0.1) is 0 Å². The summed E-state index contributed by atoms with van der Waals surface area (Å²) in [7, 11) is 0. The van der Waals surface area contributed by atoms with Crippen LogP contribution in [0.15, 0.2) is 57.5 Å². The van der Waals surface area contributed by atoms with Crippen LogP contribution >= 0.6 is 0 Å². The SMILES string of the molecule is O=C(NCCOc1ccc(-c2noc(C(F)(F)F)n2)cc1)c1cc2cc(OCCN3CCCC3)ccc2o1. The van der Waals surface area contributed by atoms with E-state index in [1.54, 1.807) is 24.3 Å². The van der Waals surface area contributed by atoms with Crippen molar-refractivity contribution in [3.05, 3.63) is 60.2 Å². The third-order valence-electron chi connectivity index (χ3n) is 6.02. The number of ether oxygens (including phenoxy) is 2. The number of halogens is 3. The summed E-state index contributed by atoms with van der Waals surface area (Å²) in [4.78, 5) is 18.2. The molecule has 1 aliphatic heterocycles. The molecule has 0 saturated carbocycles. The molecule has 1 N–H and O–H groups in total. The number of hydrogen-bond acceptors (Lipinski definition) is 8. The molecule has 0 atom stereocenters. The van der Waals surface area contributed by atoms with Gasteiger partial charge < -0.3 is 23.7 Å². The Bertz CT molecular complexity index is 1380. The fraction of sp³-hybridized carbons (Fsp3) is 0.346. The Kier molecular flexibility index (Phi) is 7.50. The molecule has 3 heterocycles. The van der Waals surface area contributed by atoms with E-state index in [1.807, 2.05) is 12.1 Å². The van der Waals surface area contributed by atoms with Crippen molar-refractivity contribution < 1.29 is 36.4 Å². The Labute approximate surface area is 215 Å². The van der Waals surface area contributed by atoms with E-state index in [1.165, 1.54) is 25.0 Å². The average molecular weight is 531 g/mol. The zero-order chi connectivity index (χ0) is 26.5. The lowest BCUT2D eigenvalue weighted by Crippen LogP contribution is -2.27. The van der Waals surface area contributed by atoms with Gasteiger partial charge in [-0.2, -0.15) is 18.2 Å². The number of aromatic nitrogens is 2.